The molecule has 0 aliphatic heterocycles. The van der Waals surface area contributed by atoms with E-state index in [1.54, 1.807) is 4.90 Å². The van der Waals surface area contributed by atoms with Crippen molar-refractivity contribution in [2.24, 2.45) is 11.8 Å². The van der Waals surface area contributed by atoms with E-state index in [0.717, 1.165) is 25.0 Å². The van der Waals surface area contributed by atoms with Crippen molar-refractivity contribution in [1.82, 2.24) is 4.90 Å². The SMILES string of the molecule is CC(C)N(CC1CC1)C(=O)c1cc(F)c(NN)c(F)c1. The molecule has 2 rings (SSSR count). The predicted molar refractivity (Wildman–Crippen MR) is 73.1 cm³/mol. The van der Waals surface area contributed by atoms with Crippen LogP contribution in [0.3, 0.4) is 0 Å². The minimum Gasteiger partial charge on any atom is -0.336 e. The summed E-state index contributed by atoms with van der Waals surface area (Å²) < 4.78 is 27.3. The number of hydrazine groups is 1. The van der Waals surface area contributed by atoms with Crippen molar-refractivity contribution in [3.05, 3.63) is 29.3 Å². The standard InChI is InChI=1S/C14H19F2N3O/c1-8(2)19(7-9-3-4-9)14(20)10-5-11(15)13(18-17)12(16)6-10/h5-6,8-9,18H,3-4,7,17H2,1-2H3. The van der Waals surface area contributed by atoms with E-state index in [9.17, 15) is 13.6 Å². The molecule has 1 aliphatic carbocycles. The van der Waals surface area contributed by atoms with E-state index >= 15 is 0 Å². The Labute approximate surface area is 116 Å². The number of nitrogens with zero attached hydrogens (tertiary/aromatic N) is 1. The fourth-order valence-electron chi connectivity index (χ4n) is 2.11. The zero-order valence-corrected chi connectivity index (χ0v) is 11.6. The van der Waals surface area contributed by atoms with Gasteiger partial charge in [-0.3, -0.25) is 10.6 Å². The Morgan fingerprint density at radius 3 is 2.35 bits per heavy atom. The van der Waals surface area contributed by atoms with Gasteiger partial charge in [-0.05, 0) is 44.7 Å². The van der Waals surface area contributed by atoms with Crippen molar-refractivity contribution in [2.45, 2.75) is 32.7 Å². The number of halogens is 2. The van der Waals surface area contributed by atoms with Crippen LogP contribution < -0.4 is 11.3 Å². The maximum Gasteiger partial charge on any atom is 0.254 e. The van der Waals surface area contributed by atoms with Gasteiger partial charge in [-0.15, -0.1) is 0 Å². The zero-order chi connectivity index (χ0) is 14.9. The molecular formula is C14H19F2N3O. The molecule has 0 saturated heterocycles. The number of nitrogens with one attached hydrogen (secondary N) is 1. The summed E-state index contributed by atoms with van der Waals surface area (Å²) in [5.41, 5.74) is 1.53. The van der Waals surface area contributed by atoms with Gasteiger partial charge >= 0.3 is 0 Å². The number of hydrogen-bond acceptors (Lipinski definition) is 3. The van der Waals surface area contributed by atoms with Crippen LogP contribution in [0.4, 0.5) is 14.5 Å². The first-order valence-electron chi connectivity index (χ1n) is 6.70. The number of rotatable bonds is 5. The minimum absolute atomic E-state index is 0.00773. The molecule has 1 saturated carbocycles. The van der Waals surface area contributed by atoms with Gasteiger partial charge < -0.3 is 10.3 Å². The summed E-state index contributed by atoms with van der Waals surface area (Å²) in [6, 6.07) is 2.02. The maximum atomic E-state index is 13.7. The summed E-state index contributed by atoms with van der Waals surface area (Å²) in [5, 5.41) is 0. The third-order valence-electron chi connectivity index (χ3n) is 3.47. The number of hydrogen-bond donors (Lipinski definition) is 2. The lowest BCUT2D eigenvalue weighted by Gasteiger charge is -2.27. The average molecular weight is 283 g/mol. The quantitative estimate of drug-likeness (QED) is 0.645. The van der Waals surface area contributed by atoms with E-state index < -0.39 is 17.3 Å². The van der Waals surface area contributed by atoms with Gasteiger partial charge in [0.2, 0.25) is 0 Å². The monoisotopic (exact) mass is 283 g/mol. The molecule has 1 aromatic carbocycles. The van der Waals surface area contributed by atoms with Crippen molar-refractivity contribution in [3.63, 3.8) is 0 Å². The van der Waals surface area contributed by atoms with Crippen LogP contribution in [0.25, 0.3) is 0 Å². The first-order valence-corrected chi connectivity index (χ1v) is 6.70. The summed E-state index contributed by atoms with van der Waals surface area (Å²) in [6.07, 6.45) is 2.21. The third kappa shape index (κ3) is 3.07. The Bertz CT molecular complexity index is 492. The Morgan fingerprint density at radius 1 is 1.40 bits per heavy atom. The van der Waals surface area contributed by atoms with Crippen molar-refractivity contribution in [3.8, 4) is 0 Å². The Hall–Kier alpha value is -1.69. The van der Waals surface area contributed by atoms with Gasteiger partial charge in [-0.1, -0.05) is 0 Å². The number of carbonyl (C=O) groups is 1. The lowest BCUT2D eigenvalue weighted by Crippen LogP contribution is -2.38. The second-order valence-corrected chi connectivity index (χ2v) is 5.45. The van der Waals surface area contributed by atoms with Crippen LogP contribution in [-0.4, -0.2) is 23.4 Å². The van der Waals surface area contributed by atoms with Gasteiger partial charge in [-0.2, -0.15) is 0 Å². The summed E-state index contributed by atoms with van der Waals surface area (Å²) in [4.78, 5) is 14.0. The molecule has 0 radical (unpaired) electrons. The summed E-state index contributed by atoms with van der Waals surface area (Å²) >= 11 is 0. The van der Waals surface area contributed by atoms with Crippen LogP contribution in [0.2, 0.25) is 0 Å². The van der Waals surface area contributed by atoms with Crippen LogP contribution >= 0.6 is 0 Å². The van der Waals surface area contributed by atoms with Crippen LogP contribution in [0, 0.1) is 17.6 Å². The van der Waals surface area contributed by atoms with Gasteiger partial charge in [-0.25, -0.2) is 8.78 Å². The average Bonchev–Trinajstić information content (AvgIpc) is 3.18. The number of nitrogens with two attached hydrogens (primary N) is 1. The fourth-order valence-corrected chi connectivity index (χ4v) is 2.11. The highest BCUT2D eigenvalue weighted by atomic mass is 19.1. The second-order valence-electron chi connectivity index (χ2n) is 5.45. The highest BCUT2D eigenvalue weighted by Gasteiger charge is 2.29. The number of nitrogen functional groups attached to an aromatic ring is 1. The molecule has 4 nitrogen and oxygen atoms in total. The molecule has 0 heterocycles. The van der Waals surface area contributed by atoms with Gasteiger partial charge in [0.25, 0.3) is 5.91 Å². The molecule has 1 aromatic rings. The molecule has 1 aliphatic rings. The molecule has 0 atom stereocenters. The van der Waals surface area contributed by atoms with E-state index in [1.165, 1.54) is 0 Å². The van der Waals surface area contributed by atoms with Gasteiger partial charge in [0.1, 0.15) is 5.69 Å². The fraction of sp³-hybridized carbons (Fsp3) is 0.500. The van der Waals surface area contributed by atoms with Crippen molar-refractivity contribution in [1.29, 1.82) is 0 Å². The Kier molecular flexibility index (Phi) is 4.23. The first-order chi connectivity index (χ1) is 9.43. The Balaban J connectivity index is 2.26. The number of benzene rings is 1. The molecule has 0 unspecified atom stereocenters. The molecule has 3 N–H and O–H groups in total. The van der Waals surface area contributed by atoms with Crippen LogP contribution in [0.15, 0.2) is 12.1 Å². The van der Waals surface area contributed by atoms with E-state index in [0.29, 0.717) is 12.5 Å². The predicted octanol–water partition coefficient (Wildman–Crippen LogP) is 2.51. The molecule has 0 bridgehead atoms. The molecule has 6 heteroatoms. The molecule has 1 fully saturated rings. The van der Waals surface area contributed by atoms with Crippen LogP contribution in [0.1, 0.15) is 37.0 Å². The maximum absolute atomic E-state index is 13.7. The number of amides is 1. The summed E-state index contributed by atoms with van der Waals surface area (Å²) in [7, 11) is 0. The third-order valence-corrected chi connectivity index (χ3v) is 3.47. The number of carbonyl (C=O) groups excluding carboxylic acids is 1. The van der Waals surface area contributed by atoms with Gasteiger partial charge in [0.15, 0.2) is 11.6 Å². The summed E-state index contributed by atoms with van der Waals surface area (Å²) in [5.74, 6) is 3.46. The highest BCUT2D eigenvalue weighted by molar-refractivity contribution is 5.95. The minimum atomic E-state index is -0.869. The molecule has 0 spiro atoms. The van der Waals surface area contributed by atoms with Crippen LogP contribution in [0.5, 0.6) is 0 Å². The van der Waals surface area contributed by atoms with E-state index in [1.807, 2.05) is 19.3 Å². The van der Waals surface area contributed by atoms with Gasteiger partial charge in [0.05, 0.1) is 0 Å². The van der Waals surface area contributed by atoms with Gasteiger partial charge in [0, 0.05) is 18.2 Å². The highest BCUT2D eigenvalue weighted by Crippen LogP contribution is 2.31. The molecule has 1 amide bonds. The summed E-state index contributed by atoms with van der Waals surface area (Å²) in [6.45, 7) is 4.42. The Morgan fingerprint density at radius 2 is 1.95 bits per heavy atom. The largest absolute Gasteiger partial charge is 0.336 e. The zero-order valence-electron chi connectivity index (χ0n) is 11.6. The molecular weight excluding hydrogens is 264 g/mol. The smallest absolute Gasteiger partial charge is 0.254 e. The second kappa shape index (κ2) is 5.75. The van der Waals surface area contributed by atoms with E-state index in [4.69, 9.17) is 5.84 Å². The lowest BCUT2D eigenvalue weighted by atomic mass is 10.1. The van der Waals surface area contributed by atoms with Crippen molar-refractivity contribution in [2.75, 3.05) is 12.0 Å². The lowest BCUT2D eigenvalue weighted by molar-refractivity contribution is 0.0695. The number of anilines is 1. The first kappa shape index (κ1) is 14.7. The van der Waals surface area contributed by atoms with Crippen LogP contribution in [-0.2, 0) is 0 Å². The normalized spacial score (nSPS) is 14.5. The van der Waals surface area contributed by atoms with Crippen molar-refractivity contribution >= 4 is 11.6 Å². The van der Waals surface area contributed by atoms with Crippen molar-refractivity contribution < 1.29 is 13.6 Å². The molecule has 0 aromatic heterocycles. The van der Waals surface area contributed by atoms with E-state index in [-0.39, 0.29) is 17.5 Å². The topological polar surface area (TPSA) is 58.4 Å². The molecule has 20 heavy (non-hydrogen) atoms. The van der Waals surface area contributed by atoms with E-state index in [2.05, 4.69) is 0 Å². The molecule has 110 valence electrons.